The van der Waals surface area contributed by atoms with Crippen molar-refractivity contribution in [2.75, 3.05) is 37.4 Å². The number of halogens is 1. The van der Waals surface area contributed by atoms with Crippen molar-refractivity contribution in [3.63, 3.8) is 0 Å². The molecule has 0 fully saturated rings. The monoisotopic (exact) mass is 409 g/mol. The minimum atomic E-state index is -0.746. The average molecular weight is 409 g/mol. The van der Waals surface area contributed by atoms with Gasteiger partial charge in [-0.1, -0.05) is 0 Å². The van der Waals surface area contributed by atoms with Gasteiger partial charge in [0.05, 0.1) is 31.5 Å². The van der Waals surface area contributed by atoms with E-state index in [4.69, 9.17) is 9.84 Å². The molecule has 1 heterocycles. The first kappa shape index (κ1) is 22.2. The minimum Gasteiger partial charge on any atom is -0.466 e. The predicted molar refractivity (Wildman–Crippen MR) is 103 cm³/mol. The minimum absolute atomic E-state index is 0.00717. The fourth-order valence-electron chi connectivity index (χ4n) is 2.60. The summed E-state index contributed by atoms with van der Waals surface area (Å²) in [6, 6.07) is 3.69. The van der Waals surface area contributed by atoms with E-state index >= 15 is 0 Å². The number of rotatable bonds is 6. The van der Waals surface area contributed by atoms with E-state index in [-0.39, 0.29) is 42.3 Å². The standard InChI is InChI=1S/C19H24FN3O6/c1-19(2,3)29-18(27)21-11-5-6-13(20)14(9-11)22-15-12(17(26)28-4)10-23(7-8-24)16(15)25/h5-6,9,22,24H,7-8,10H2,1-4H3,(H,21,27). The van der Waals surface area contributed by atoms with Gasteiger partial charge in [0.2, 0.25) is 0 Å². The molecule has 1 aromatic rings. The molecule has 0 atom stereocenters. The van der Waals surface area contributed by atoms with Gasteiger partial charge in [-0.2, -0.15) is 0 Å². The highest BCUT2D eigenvalue weighted by Crippen LogP contribution is 2.26. The molecule has 10 heteroatoms. The number of methoxy groups -OCH3 is 1. The second-order valence-electron chi connectivity index (χ2n) is 7.24. The molecule has 0 radical (unpaired) electrons. The number of hydrogen-bond acceptors (Lipinski definition) is 7. The van der Waals surface area contributed by atoms with Gasteiger partial charge in [0.25, 0.3) is 5.91 Å². The Balaban J connectivity index is 2.28. The van der Waals surface area contributed by atoms with E-state index < -0.39 is 29.4 Å². The average Bonchev–Trinajstić information content (AvgIpc) is 2.92. The highest BCUT2D eigenvalue weighted by Gasteiger charge is 2.34. The molecule has 0 aromatic heterocycles. The Hall–Kier alpha value is -3.14. The van der Waals surface area contributed by atoms with E-state index in [9.17, 15) is 18.8 Å². The Morgan fingerprint density at radius 3 is 2.59 bits per heavy atom. The van der Waals surface area contributed by atoms with E-state index in [1.54, 1.807) is 20.8 Å². The molecular formula is C19H24FN3O6. The third-order valence-corrected chi connectivity index (χ3v) is 3.82. The van der Waals surface area contributed by atoms with Gasteiger partial charge in [-0.05, 0) is 39.0 Å². The van der Waals surface area contributed by atoms with Gasteiger partial charge in [-0.3, -0.25) is 10.1 Å². The Kier molecular flexibility index (Phi) is 6.80. The zero-order valence-corrected chi connectivity index (χ0v) is 16.7. The van der Waals surface area contributed by atoms with Crippen LogP contribution in [-0.4, -0.2) is 60.4 Å². The largest absolute Gasteiger partial charge is 0.466 e. The normalized spacial score (nSPS) is 14.1. The summed E-state index contributed by atoms with van der Waals surface area (Å²) < 4.78 is 24.1. The number of ether oxygens (including phenoxy) is 2. The molecule has 1 aliphatic rings. The quantitative estimate of drug-likeness (QED) is 0.614. The van der Waals surface area contributed by atoms with Crippen LogP contribution in [0, 0.1) is 5.82 Å². The first-order chi connectivity index (χ1) is 13.6. The van der Waals surface area contributed by atoms with Crippen molar-refractivity contribution in [1.82, 2.24) is 4.90 Å². The van der Waals surface area contributed by atoms with Gasteiger partial charge in [0.15, 0.2) is 0 Å². The number of nitrogens with one attached hydrogen (secondary N) is 2. The SMILES string of the molecule is COC(=O)C1=C(Nc2cc(NC(=O)OC(C)(C)C)ccc2F)C(=O)N(CCO)C1. The molecule has 0 saturated carbocycles. The molecule has 0 aliphatic carbocycles. The second kappa shape index (κ2) is 8.91. The van der Waals surface area contributed by atoms with Crippen LogP contribution in [0.25, 0.3) is 0 Å². The summed E-state index contributed by atoms with van der Waals surface area (Å²) in [5.41, 5.74) is -0.762. The molecule has 158 valence electrons. The van der Waals surface area contributed by atoms with Crippen LogP contribution in [0.3, 0.4) is 0 Å². The molecule has 0 bridgehead atoms. The zero-order chi connectivity index (χ0) is 21.8. The van der Waals surface area contributed by atoms with Crippen molar-refractivity contribution in [2.24, 2.45) is 0 Å². The van der Waals surface area contributed by atoms with Gasteiger partial charge in [-0.15, -0.1) is 0 Å². The van der Waals surface area contributed by atoms with Crippen LogP contribution in [0.4, 0.5) is 20.6 Å². The topological polar surface area (TPSA) is 117 Å². The lowest BCUT2D eigenvalue weighted by Gasteiger charge is -2.20. The second-order valence-corrected chi connectivity index (χ2v) is 7.24. The van der Waals surface area contributed by atoms with Gasteiger partial charge >= 0.3 is 12.1 Å². The predicted octanol–water partition coefficient (Wildman–Crippen LogP) is 1.85. The lowest BCUT2D eigenvalue weighted by molar-refractivity contribution is -0.136. The molecule has 3 N–H and O–H groups in total. The smallest absolute Gasteiger partial charge is 0.412 e. The highest BCUT2D eigenvalue weighted by atomic mass is 19.1. The van der Waals surface area contributed by atoms with Gasteiger partial charge < -0.3 is 24.8 Å². The number of anilines is 2. The van der Waals surface area contributed by atoms with Crippen molar-refractivity contribution in [3.05, 3.63) is 35.3 Å². The summed E-state index contributed by atoms with van der Waals surface area (Å²) in [4.78, 5) is 37.7. The number of aliphatic hydroxyl groups excluding tert-OH is 1. The van der Waals surface area contributed by atoms with Crippen LogP contribution in [0.5, 0.6) is 0 Å². The van der Waals surface area contributed by atoms with Gasteiger partial charge in [-0.25, -0.2) is 14.0 Å². The Morgan fingerprint density at radius 2 is 2.00 bits per heavy atom. The van der Waals surface area contributed by atoms with Crippen molar-refractivity contribution < 1.29 is 33.4 Å². The fourth-order valence-corrected chi connectivity index (χ4v) is 2.60. The van der Waals surface area contributed by atoms with E-state index in [1.165, 1.54) is 17.0 Å². The van der Waals surface area contributed by atoms with Gasteiger partial charge in [0, 0.05) is 12.2 Å². The number of carbonyl (C=O) groups is 3. The first-order valence-corrected chi connectivity index (χ1v) is 8.84. The van der Waals surface area contributed by atoms with Crippen LogP contribution >= 0.6 is 0 Å². The summed E-state index contributed by atoms with van der Waals surface area (Å²) >= 11 is 0. The maximum atomic E-state index is 14.3. The van der Waals surface area contributed by atoms with Crippen molar-refractivity contribution in [3.8, 4) is 0 Å². The van der Waals surface area contributed by atoms with Crippen LogP contribution in [0.2, 0.25) is 0 Å². The zero-order valence-electron chi connectivity index (χ0n) is 16.7. The number of carbonyl (C=O) groups excluding carboxylic acids is 3. The van der Waals surface area contributed by atoms with Crippen molar-refractivity contribution >= 4 is 29.3 Å². The molecule has 1 aromatic carbocycles. The van der Waals surface area contributed by atoms with E-state index in [0.717, 1.165) is 13.2 Å². The molecule has 1 aliphatic heterocycles. The van der Waals surface area contributed by atoms with Crippen molar-refractivity contribution in [1.29, 1.82) is 0 Å². The summed E-state index contributed by atoms with van der Waals surface area (Å²) in [5.74, 6) is -2.03. The Labute approximate surface area is 167 Å². The fraction of sp³-hybridized carbons (Fsp3) is 0.421. The summed E-state index contributed by atoms with van der Waals surface area (Å²) in [5, 5.41) is 14.2. The third-order valence-electron chi connectivity index (χ3n) is 3.82. The number of nitrogens with zero attached hydrogens (tertiary/aromatic N) is 1. The molecular weight excluding hydrogens is 385 g/mol. The molecule has 0 spiro atoms. The summed E-state index contributed by atoms with van der Waals surface area (Å²) in [6.07, 6.45) is -0.726. The Morgan fingerprint density at radius 1 is 1.31 bits per heavy atom. The van der Waals surface area contributed by atoms with Gasteiger partial charge in [0.1, 0.15) is 17.1 Å². The maximum Gasteiger partial charge on any atom is 0.412 e. The van der Waals surface area contributed by atoms with Crippen molar-refractivity contribution in [2.45, 2.75) is 26.4 Å². The number of hydrogen-bond donors (Lipinski definition) is 3. The lowest BCUT2D eigenvalue weighted by Crippen LogP contribution is -2.31. The van der Waals surface area contributed by atoms with Crippen LogP contribution < -0.4 is 10.6 Å². The van der Waals surface area contributed by atoms with Crippen LogP contribution in [0.1, 0.15) is 20.8 Å². The molecule has 0 saturated heterocycles. The first-order valence-electron chi connectivity index (χ1n) is 8.84. The third kappa shape index (κ3) is 5.67. The maximum absolute atomic E-state index is 14.3. The molecule has 2 rings (SSSR count). The molecule has 29 heavy (non-hydrogen) atoms. The Bertz CT molecular complexity index is 847. The highest BCUT2D eigenvalue weighted by molar-refractivity contribution is 6.08. The number of β-amino-alcohol motifs (C(OH)–C–C–N with tert-alkyl or cyclic N) is 1. The number of benzene rings is 1. The number of amides is 2. The van der Waals surface area contributed by atoms with Crippen LogP contribution in [-0.2, 0) is 19.1 Å². The van der Waals surface area contributed by atoms with E-state index in [0.29, 0.717) is 0 Å². The molecule has 0 unspecified atom stereocenters. The van der Waals surface area contributed by atoms with E-state index in [2.05, 4.69) is 15.4 Å². The molecule has 2 amide bonds. The van der Waals surface area contributed by atoms with Crippen LogP contribution in [0.15, 0.2) is 29.5 Å². The summed E-state index contributed by atoms with van der Waals surface area (Å²) in [6.45, 7) is 4.74. The number of esters is 1. The van der Waals surface area contributed by atoms with E-state index in [1.807, 2.05) is 0 Å². The molecule has 9 nitrogen and oxygen atoms in total. The summed E-state index contributed by atoms with van der Waals surface area (Å²) in [7, 11) is 1.16. The number of aliphatic hydroxyl groups is 1. The lowest BCUT2D eigenvalue weighted by atomic mass is 10.2.